The molecule has 2 saturated carbocycles. The first-order valence-electron chi connectivity index (χ1n) is 17.3. The van der Waals surface area contributed by atoms with Gasteiger partial charge in [-0.2, -0.15) is 0 Å². The highest BCUT2D eigenvalue weighted by Crippen LogP contribution is 2.69. The van der Waals surface area contributed by atoms with Gasteiger partial charge in [-0.1, -0.05) is 81.4 Å². The molecule has 0 aromatic heterocycles. The molecule has 2 aliphatic carbocycles. The van der Waals surface area contributed by atoms with E-state index in [0.717, 1.165) is 49.7 Å². The Balaban J connectivity index is 1.22. The molecule has 250 valence electrons. The predicted octanol–water partition coefficient (Wildman–Crippen LogP) is 7.24. The molecule has 7 nitrogen and oxygen atoms in total. The van der Waals surface area contributed by atoms with Crippen molar-refractivity contribution in [2.75, 3.05) is 19.8 Å². The molecule has 6 rings (SSSR count). The molecule has 0 amide bonds. The van der Waals surface area contributed by atoms with Gasteiger partial charge in [0.15, 0.2) is 5.79 Å². The van der Waals surface area contributed by atoms with Gasteiger partial charge in [0.25, 0.3) is 0 Å². The van der Waals surface area contributed by atoms with Crippen LogP contribution in [-0.2, 0) is 46.1 Å². The van der Waals surface area contributed by atoms with Gasteiger partial charge < -0.3 is 23.7 Å². The molecular formula is C39H52O7. The fourth-order valence-corrected chi connectivity index (χ4v) is 9.54. The van der Waals surface area contributed by atoms with Crippen LogP contribution in [-0.4, -0.2) is 54.9 Å². The van der Waals surface area contributed by atoms with Crippen molar-refractivity contribution in [2.45, 2.75) is 115 Å². The van der Waals surface area contributed by atoms with Crippen LogP contribution in [0.15, 0.2) is 60.7 Å². The van der Waals surface area contributed by atoms with E-state index >= 15 is 0 Å². The average Bonchev–Trinajstić information content (AvgIpc) is 3.42. The van der Waals surface area contributed by atoms with Crippen LogP contribution < -0.4 is 0 Å². The number of hydrogen-bond acceptors (Lipinski definition) is 7. The third kappa shape index (κ3) is 6.27. The van der Waals surface area contributed by atoms with Crippen LogP contribution in [0, 0.1) is 22.7 Å². The van der Waals surface area contributed by atoms with Crippen molar-refractivity contribution < 1.29 is 33.3 Å². The summed E-state index contributed by atoms with van der Waals surface area (Å²) >= 11 is 0. The lowest BCUT2D eigenvalue weighted by molar-refractivity contribution is -0.359. The summed E-state index contributed by atoms with van der Waals surface area (Å²) < 4.78 is 32.1. The summed E-state index contributed by atoms with van der Waals surface area (Å²) in [4.78, 5) is 25.9. The third-order valence-corrected chi connectivity index (χ3v) is 12.1. The Kier molecular flexibility index (Phi) is 9.16. The Morgan fingerprint density at radius 3 is 2.09 bits per heavy atom. The van der Waals surface area contributed by atoms with Gasteiger partial charge in [0.2, 0.25) is 0 Å². The van der Waals surface area contributed by atoms with Gasteiger partial charge in [0.1, 0.15) is 12.2 Å². The van der Waals surface area contributed by atoms with Crippen LogP contribution in [0.25, 0.3) is 0 Å². The van der Waals surface area contributed by atoms with Gasteiger partial charge in [0, 0.05) is 17.3 Å². The van der Waals surface area contributed by atoms with Gasteiger partial charge in [-0.15, -0.1) is 0 Å². The van der Waals surface area contributed by atoms with E-state index in [1.54, 1.807) is 0 Å². The lowest BCUT2D eigenvalue weighted by atomic mass is 9.43. The Hall–Kier alpha value is -2.74. The molecule has 0 bridgehead atoms. The topological polar surface area (TPSA) is 80.3 Å². The van der Waals surface area contributed by atoms with Gasteiger partial charge in [-0.3, -0.25) is 9.59 Å². The van der Waals surface area contributed by atoms with E-state index in [2.05, 4.69) is 20.8 Å². The summed E-state index contributed by atoms with van der Waals surface area (Å²) in [6, 6.07) is 19.3. The molecule has 2 aromatic carbocycles. The van der Waals surface area contributed by atoms with E-state index in [1.807, 2.05) is 74.5 Å². The van der Waals surface area contributed by atoms with Crippen LogP contribution in [0.1, 0.15) is 90.7 Å². The molecule has 46 heavy (non-hydrogen) atoms. The molecule has 0 unspecified atom stereocenters. The number of esters is 2. The second kappa shape index (κ2) is 12.7. The van der Waals surface area contributed by atoms with E-state index in [1.165, 1.54) is 0 Å². The van der Waals surface area contributed by atoms with Gasteiger partial charge in [-0.05, 0) is 75.3 Å². The van der Waals surface area contributed by atoms with E-state index in [-0.39, 0.29) is 54.9 Å². The zero-order chi connectivity index (χ0) is 32.6. The highest BCUT2D eigenvalue weighted by atomic mass is 16.7. The van der Waals surface area contributed by atoms with Crippen molar-refractivity contribution in [1.82, 2.24) is 0 Å². The Labute approximate surface area is 274 Å². The molecular weight excluding hydrogens is 580 g/mol. The van der Waals surface area contributed by atoms with E-state index in [0.29, 0.717) is 24.9 Å². The fourth-order valence-electron chi connectivity index (χ4n) is 9.54. The maximum atomic E-state index is 13.1. The minimum absolute atomic E-state index is 0.107. The smallest absolute Gasteiger partial charge is 0.310 e. The van der Waals surface area contributed by atoms with Crippen LogP contribution >= 0.6 is 0 Å². The average molecular weight is 633 g/mol. The summed E-state index contributed by atoms with van der Waals surface area (Å²) in [7, 11) is 0. The maximum Gasteiger partial charge on any atom is 0.310 e. The standard InChI is InChI=1S/C39H52O7/c1-28-16-17-31-36(4)26-44-35(2,3)45-32(36)18-19-37(31,5)39(28)21-20-38(46-39,27-43-34(41)25-30-14-10-7-11-15-30)22-23-42-33(40)24-29-12-8-6-9-13-29/h6-15,28,31-32H,16-27H2,1-5H3/t28-,31-,32-,36+,37+,38+,39+/m1/s1. The van der Waals surface area contributed by atoms with Crippen LogP contribution in [0.3, 0.4) is 0 Å². The SMILES string of the molecule is C[C@@H]1CC[C@@H]2[C@]3(C)COC(C)(C)O[C@@H]3CC[C@]2(C)[C@]12CC[C@](CCOC(=O)Cc1ccccc1)(COC(=O)Cc1ccccc1)O2. The third-order valence-electron chi connectivity index (χ3n) is 12.1. The lowest BCUT2D eigenvalue weighted by Crippen LogP contribution is -2.69. The summed E-state index contributed by atoms with van der Waals surface area (Å²) in [5, 5.41) is 0. The van der Waals surface area contributed by atoms with Crippen molar-refractivity contribution in [3.8, 4) is 0 Å². The van der Waals surface area contributed by atoms with Crippen molar-refractivity contribution >= 4 is 11.9 Å². The molecule has 4 aliphatic rings. The quantitative estimate of drug-likeness (QED) is 0.270. The number of fused-ring (bicyclic) bond motifs is 4. The monoisotopic (exact) mass is 632 g/mol. The first-order chi connectivity index (χ1) is 21.9. The summed E-state index contributed by atoms with van der Waals surface area (Å²) in [6.45, 7) is 12.2. The van der Waals surface area contributed by atoms with E-state index in [9.17, 15) is 9.59 Å². The second-order valence-electron chi connectivity index (χ2n) is 15.4. The number of ether oxygens (including phenoxy) is 5. The number of benzene rings is 2. The van der Waals surface area contributed by atoms with Crippen molar-refractivity contribution in [3.63, 3.8) is 0 Å². The van der Waals surface area contributed by atoms with Crippen LogP contribution in [0.4, 0.5) is 0 Å². The zero-order valence-corrected chi connectivity index (χ0v) is 28.3. The molecule has 2 heterocycles. The second-order valence-corrected chi connectivity index (χ2v) is 15.4. The molecule has 7 heteroatoms. The number of carbonyl (C=O) groups excluding carboxylic acids is 2. The summed E-state index contributed by atoms with van der Waals surface area (Å²) in [6.07, 6.45) is 6.82. The largest absolute Gasteiger partial charge is 0.465 e. The van der Waals surface area contributed by atoms with Crippen LogP contribution in [0.2, 0.25) is 0 Å². The number of carbonyl (C=O) groups is 2. The highest BCUT2D eigenvalue weighted by Gasteiger charge is 2.70. The minimum atomic E-state index is -0.738. The molecule has 0 N–H and O–H groups in total. The van der Waals surface area contributed by atoms with Gasteiger partial charge >= 0.3 is 11.9 Å². The lowest BCUT2D eigenvalue weighted by Gasteiger charge is -2.67. The normalized spacial score (nSPS) is 36.4. The molecule has 7 atom stereocenters. The van der Waals surface area contributed by atoms with Crippen LogP contribution in [0.5, 0.6) is 0 Å². The molecule has 2 aromatic rings. The fraction of sp³-hybridized carbons (Fsp3) is 0.641. The minimum Gasteiger partial charge on any atom is -0.465 e. The van der Waals surface area contributed by atoms with Gasteiger partial charge in [0.05, 0.1) is 37.8 Å². The predicted molar refractivity (Wildman–Crippen MR) is 175 cm³/mol. The first kappa shape index (κ1) is 33.2. The van der Waals surface area contributed by atoms with Crippen molar-refractivity contribution in [1.29, 1.82) is 0 Å². The summed E-state index contributed by atoms with van der Waals surface area (Å²) in [5.41, 5.74) is 0.491. The molecule has 2 aliphatic heterocycles. The molecule has 4 fully saturated rings. The molecule has 2 saturated heterocycles. The van der Waals surface area contributed by atoms with E-state index in [4.69, 9.17) is 23.7 Å². The Morgan fingerprint density at radius 2 is 1.43 bits per heavy atom. The molecule has 1 spiro atoms. The first-order valence-corrected chi connectivity index (χ1v) is 17.3. The molecule has 0 radical (unpaired) electrons. The maximum absolute atomic E-state index is 13.1. The van der Waals surface area contributed by atoms with Gasteiger partial charge in [-0.25, -0.2) is 0 Å². The zero-order valence-electron chi connectivity index (χ0n) is 28.3. The summed E-state index contributed by atoms with van der Waals surface area (Å²) in [5.74, 6) is -0.411. The van der Waals surface area contributed by atoms with E-state index < -0.39 is 17.0 Å². The van der Waals surface area contributed by atoms with Crippen molar-refractivity contribution in [3.05, 3.63) is 71.8 Å². The highest BCUT2D eigenvalue weighted by molar-refractivity contribution is 5.73. The number of rotatable bonds is 9. The van der Waals surface area contributed by atoms with Crippen molar-refractivity contribution in [2.24, 2.45) is 22.7 Å². The Bertz CT molecular complexity index is 1380. The number of hydrogen-bond donors (Lipinski definition) is 0. The Morgan fingerprint density at radius 1 is 0.804 bits per heavy atom.